The van der Waals surface area contributed by atoms with Crippen LogP contribution in [0.5, 0.6) is 0 Å². The van der Waals surface area contributed by atoms with Crippen molar-refractivity contribution in [3.05, 3.63) is 29.8 Å². The summed E-state index contributed by atoms with van der Waals surface area (Å²) in [6, 6.07) is 7.91. The topological polar surface area (TPSA) is 66.6 Å². The summed E-state index contributed by atoms with van der Waals surface area (Å²) in [5, 5.41) is 0. The first-order valence-electron chi connectivity index (χ1n) is 7.56. The molecule has 2 fully saturated rings. The van der Waals surface area contributed by atoms with Crippen molar-refractivity contribution in [2.45, 2.75) is 31.7 Å². The van der Waals surface area contributed by atoms with Gasteiger partial charge in [-0.25, -0.2) is 0 Å². The van der Waals surface area contributed by atoms with Crippen LogP contribution >= 0.6 is 0 Å². The van der Waals surface area contributed by atoms with Gasteiger partial charge in [0, 0.05) is 44.2 Å². The Morgan fingerprint density at radius 1 is 1.29 bits per heavy atom. The molecule has 0 radical (unpaired) electrons. The Bertz CT molecular complexity index is 558. The van der Waals surface area contributed by atoms with Crippen LogP contribution in [0.15, 0.2) is 24.3 Å². The average molecular weight is 287 g/mol. The van der Waals surface area contributed by atoms with Gasteiger partial charge in [-0.1, -0.05) is 18.2 Å². The number of fused-ring (bicyclic) bond motifs is 1. The summed E-state index contributed by atoms with van der Waals surface area (Å²) in [7, 11) is 0. The summed E-state index contributed by atoms with van der Waals surface area (Å²) in [5.41, 5.74) is 7.68. The van der Waals surface area contributed by atoms with Gasteiger partial charge in [0.15, 0.2) is 0 Å². The van der Waals surface area contributed by atoms with E-state index in [1.807, 2.05) is 34.1 Å². The second-order valence-electron chi connectivity index (χ2n) is 5.82. The maximum Gasteiger partial charge on any atom is 0.223 e. The third-order valence-corrected chi connectivity index (χ3v) is 4.51. The van der Waals surface area contributed by atoms with E-state index in [4.69, 9.17) is 5.73 Å². The highest BCUT2D eigenvalue weighted by molar-refractivity contribution is 5.80. The first kappa shape index (κ1) is 13.9. The van der Waals surface area contributed by atoms with Gasteiger partial charge in [-0.2, -0.15) is 0 Å². The molecule has 1 unspecified atom stereocenters. The number of hydrogen-bond acceptors (Lipinski definition) is 3. The molecule has 2 saturated heterocycles. The fourth-order valence-corrected chi connectivity index (χ4v) is 3.25. The van der Waals surface area contributed by atoms with Crippen molar-refractivity contribution in [3.63, 3.8) is 0 Å². The zero-order valence-corrected chi connectivity index (χ0v) is 12.1. The molecule has 2 aliphatic rings. The van der Waals surface area contributed by atoms with Gasteiger partial charge in [0.1, 0.15) is 0 Å². The number of aryl methyl sites for hydroxylation is 1. The number of nitrogens with zero attached hydrogens (tertiary/aromatic N) is 2. The van der Waals surface area contributed by atoms with Crippen LogP contribution in [0.25, 0.3) is 0 Å². The van der Waals surface area contributed by atoms with E-state index < -0.39 is 0 Å². The van der Waals surface area contributed by atoms with E-state index in [1.54, 1.807) is 0 Å². The molecule has 112 valence electrons. The maximum absolute atomic E-state index is 12.3. The summed E-state index contributed by atoms with van der Waals surface area (Å²) in [4.78, 5) is 27.8. The Morgan fingerprint density at radius 2 is 2.10 bits per heavy atom. The molecule has 5 nitrogen and oxygen atoms in total. The number of anilines is 1. The van der Waals surface area contributed by atoms with Gasteiger partial charge in [-0.05, 0) is 24.5 Å². The van der Waals surface area contributed by atoms with Crippen molar-refractivity contribution in [2.75, 3.05) is 25.4 Å². The molecule has 21 heavy (non-hydrogen) atoms. The number of piperazine rings is 1. The second kappa shape index (κ2) is 5.76. The first-order valence-corrected chi connectivity index (χ1v) is 7.56. The molecular formula is C16H21N3O2. The molecule has 0 bridgehead atoms. The maximum atomic E-state index is 12.3. The monoisotopic (exact) mass is 287 g/mol. The van der Waals surface area contributed by atoms with Crippen LogP contribution in [0.2, 0.25) is 0 Å². The molecule has 2 amide bonds. The summed E-state index contributed by atoms with van der Waals surface area (Å²) in [6.45, 7) is 2.03. The predicted molar refractivity (Wildman–Crippen MR) is 80.5 cm³/mol. The lowest BCUT2D eigenvalue weighted by Gasteiger charge is -2.37. The molecule has 0 spiro atoms. The molecular weight excluding hydrogens is 266 g/mol. The van der Waals surface area contributed by atoms with Crippen molar-refractivity contribution in [3.8, 4) is 0 Å². The molecule has 1 atom stereocenters. The average Bonchev–Trinajstić information content (AvgIpc) is 2.87. The van der Waals surface area contributed by atoms with Crippen LogP contribution in [-0.2, 0) is 16.0 Å². The van der Waals surface area contributed by atoms with E-state index in [0.717, 1.165) is 17.7 Å². The summed E-state index contributed by atoms with van der Waals surface area (Å²) in [6.07, 6.45) is 2.67. The fourth-order valence-electron chi connectivity index (χ4n) is 3.25. The highest BCUT2D eigenvalue weighted by Gasteiger charge is 2.36. The second-order valence-corrected chi connectivity index (χ2v) is 5.82. The largest absolute Gasteiger partial charge is 0.399 e. The zero-order valence-electron chi connectivity index (χ0n) is 12.1. The molecule has 1 aromatic rings. The number of nitrogen functional groups attached to an aromatic ring is 1. The van der Waals surface area contributed by atoms with Crippen LogP contribution in [0, 0.1) is 0 Å². The number of benzene rings is 1. The number of hydrogen-bond donors (Lipinski definition) is 1. The van der Waals surface area contributed by atoms with Gasteiger partial charge in [0.2, 0.25) is 11.8 Å². The molecule has 2 N–H and O–H groups in total. The van der Waals surface area contributed by atoms with Crippen LogP contribution in [-0.4, -0.2) is 47.3 Å². The van der Waals surface area contributed by atoms with E-state index in [2.05, 4.69) is 0 Å². The Morgan fingerprint density at radius 3 is 2.90 bits per heavy atom. The van der Waals surface area contributed by atoms with Crippen LogP contribution in [0.3, 0.4) is 0 Å². The fraction of sp³-hybridized carbons (Fsp3) is 0.500. The van der Waals surface area contributed by atoms with Crippen molar-refractivity contribution in [1.82, 2.24) is 9.80 Å². The van der Waals surface area contributed by atoms with Gasteiger partial charge < -0.3 is 15.5 Å². The highest BCUT2D eigenvalue weighted by atomic mass is 16.2. The SMILES string of the molecule is Nc1ccccc1CCC(=O)N1CCN2C(=O)CCC2C1. The number of nitrogens with two attached hydrogens (primary N) is 1. The van der Waals surface area contributed by atoms with E-state index >= 15 is 0 Å². The smallest absolute Gasteiger partial charge is 0.223 e. The molecule has 0 aliphatic carbocycles. The van der Waals surface area contributed by atoms with E-state index in [-0.39, 0.29) is 17.9 Å². The molecule has 1 aromatic carbocycles. The quantitative estimate of drug-likeness (QED) is 0.845. The molecule has 5 heteroatoms. The molecule has 2 heterocycles. The van der Waals surface area contributed by atoms with E-state index in [9.17, 15) is 9.59 Å². The molecule has 0 aromatic heterocycles. The summed E-state index contributed by atoms with van der Waals surface area (Å²) < 4.78 is 0. The summed E-state index contributed by atoms with van der Waals surface area (Å²) in [5.74, 6) is 0.404. The lowest BCUT2D eigenvalue weighted by atomic mass is 10.1. The van der Waals surface area contributed by atoms with Crippen molar-refractivity contribution in [2.24, 2.45) is 0 Å². The van der Waals surface area contributed by atoms with Gasteiger partial charge >= 0.3 is 0 Å². The van der Waals surface area contributed by atoms with E-state index in [1.165, 1.54) is 0 Å². The number of carbonyl (C=O) groups excluding carboxylic acids is 2. The summed E-state index contributed by atoms with van der Waals surface area (Å²) >= 11 is 0. The minimum absolute atomic E-state index is 0.164. The first-order chi connectivity index (χ1) is 10.1. The van der Waals surface area contributed by atoms with E-state index in [0.29, 0.717) is 38.9 Å². The van der Waals surface area contributed by atoms with Gasteiger partial charge in [0.25, 0.3) is 0 Å². The van der Waals surface area contributed by atoms with Crippen LogP contribution in [0.1, 0.15) is 24.8 Å². The number of amides is 2. The number of rotatable bonds is 3. The van der Waals surface area contributed by atoms with Crippen molar-refractivity contribution in [1.29, 1.82) is 0 Å². The van der Waals surface area contributed by atoms with Crippen molar-refractivity contribution >= 4 is 17.5 Å². The third-order valence-electron chi connectivity index (χ3n) is 4.51. The van der Waals surface area contributed by atoms with Crippen molar-refractivity contribution < 1.29 is 9.59 Å². The van der Waals surface area contributed by atoms with Crippen LogP contribution < -0.4 is 5.73 Å². The zero-order chi connectivity index (χ0) is 14.8. The Kier molecular flexibility index (Phi) is 3.82. The number of carbonyl (C=O) groups is 2. The molecule has 0 saturated carbocycles. The molecule has 3 rings (SSSR count). The predicted octanol–water partition coefficient (Wildman–Crippen LogP) is 1.03. The third kappa shape index (κ3) is 2.86. The normalized spacial score (nSPS) is 21.5. The van der Waals surface area contributed by atoms with Crippen LogP contribution in [0.4, 0.5) is 5.69 Å². The molecule has 2 aliphatic heterocycles. The highest BCUT2D eigenvalue weighted by Crippen LogP contribution is 2.23. The lowest BCUT2D eigenvalue weighted by Crippen LogP contribution is -2.53. The Balaban J connectivity index is 1.55. The number of para-hydroxylation sites is 1. The standard InChI is InChI=1S/C16H21N3O2/c17-14-4-2-1-3-12(14)5-7-15(20)18-9-10-19-13(11-18)6-8-16(19)21/h1-4,13H,5-11,17H2. The van der Waals surface area contributed by atoms with Gasteiger partial charge in [-0.15, -0.1) is 0 Å². The van der Waals surface area contributed by atoms with Gasteiger partial charge in [0.05, 0.1) is 0 Å². The Labute approximate surface area is 124 Å². The van der Waals surface area contributed by atoms with Gasteiger partial charge in [-0.3, -0.25) is 9.59 Å². The minimum Gasteiger partial charge on any atom is -0.399 e. The minimum atomic E-state index is 0.164. The lowest BCUT2D eigenvalue weighted by molar-refractivity contribution is -0.139. The Hall–Kier alpha value is -2.04.